The van der Waals surface area contributed by atoms with Gasteiger partial charge in [0.2, 0.25) is 6.29 Å². The highest BCUT2D eigenvalue weighted by Crippen LogP contribution is 2.48. The molecule has 1 heterocycles. The van der Waals surface area contributed by atoms with E-state index in [4.69, 9.17) is 14.2 Å². The fraction of sp³-hybridized carbons (Fsp3) is 0.429. The fourth-order valence-electron chi connectivity index (χ4n) is 2.39. The molecule has 0 N–H and O–H groups in total. The van der Waals surface area contributed by atoms with E-state index in [2.05, 4.69) is 0 Å². The molecule has 5 nitrogen and oxygen atoms in total. The van der Waals surface area contributed by atoms with Crippen molar-refractivity contribution < 1.29 is 23.8 Å². The van der Waals surface area contributed by atoms with Crippen LogP contribution in [0.2, 0.25) is 0 Å². The minimum Gasteiger partial charge on any atom is -0.456 e. The van der Waals surface area contributed by atoms with E-state index in [-0.39, 0.29) is 30.1 Å². The lowest BCUT2D eigenvalue weighted by Gasteiger charge is -2.14. The van der Waals surface area contributed by atoms with Gasteiger partial charge in [-0.15, -0.1) is 0 Å². The van der Waals surface area contributed by atoms with Crippen molar-refractivity contribution in [2.75, 3.05) is 0 Å². The Morgan fingerprint density at radius 2 is 1.95 bits per heavy atom. The molecule has 2 fully saturated rings. The third-order valence-electron chi connectivity index (χ3n) is 3.35. The van der Waals surface area contributed by atoms with Crippen LogP contribution in [0.25, 0.3) is 0 Å². The lowest BCUT2D eigenvalue weighted by Crippen LogP contribution is -2.22. The summed E-state index contributed by atoms with van der Waals surface area (Å²) in [7, 11) is 0. The maximum absolute atomic E-state index is 11.8. The zero-order chi connectivity index (χ0) is 13.4. The van der Waals surface area contributed by atoms with Crippen molar-refractivity contribution in [2.45, 2.75) is 31.8 Å². The first-order chi connectivity index (χ1) is 9.15. The van der Waals surface area contributed by atoms with E-state index >= 15 is 0 Å². The molecule has 3 rings (SSSR count). The molecule has 5 heteroatoms. The van der Waals surface area contributed by atoms with Crippen LogP contribution < -0.4 is 0 Å². The summed E-state index contributed by atoms with van der Waals surface area (Å²) in [6, 6.07) is 8.84. The van der Waals surface area contributed by atoms with Crippen molar-refractivity contribution in [3.05, 3.63) is 35.9 Å². The van der Waals surface area contributed by atoms with Gasteiger partial charge in [0.1, 0.15) is 12.2 Å². The van der Waals surface area contributed by atoms with Crippen molar-refractivity contribution in [2.24, 2.45) is 5.92 Å². The first kappa shape index (κ1) is 12.2. The second-order valence-corrected chi connectivity index (χ2v) is 4.78. The molecule has 0 amide bonds. The topological polar surface area (TPSA) is 61.8 Å². The Hall–Kier alpha value is -1.88. The van der Waals surface area contributed by atoms with Gasteiger partial charge in [-0.2, -0.15) is 0 Å². The molecule has 1 aliphatic heterocycles. The maximum Gasteiger partial charge on any atom is 0.338 e. The summed E-state index contributed by atoms with van der Waals surface area (Å²) in [6.45, 7) is 1.35. The van der Waals surface area contributed by atoms with Gasteiger partial charge in [0, 0.05) is 19.3 Å². The number of carbonyl (C=O) groups is 2. The van der Waals surface area contributed by atoms with Gasteiger partial charge in [-0.3, -0.25) is 4.79 Å². The van der Waals surface area contributed by atoms with Crippen molar-refractivity contribution >= 4 is 11.9 Å². The lowest BCUT2D eigenvalue weighted by atomic mass is 10.2. The summed E-state index contributed by atoms with van der Waals surface area (Å²) in [4.78, 5) is 22.6. The van der Waals surface area contributed by atoms with Gasteiger partial charge in [0.25, 0.3) is 0 Å². The van der Waals surface area contributed by atoms with E-state index in [9.17, 15) is 9.59 Å². The number of carbonyl (C=O) groups excluding carboxylic acids is 2. The quantitative estimate of drug-likeness (QED) is 0.773. The minimum atomic E-state index is -0.487. The molecular weight excluding hydrogens is 248 g/mol. The first-order valence-electron chi connectivity index (χ1n) is 6.24. The predicted octanol–water partition coefficient (Wildman–Crippen LogP) is 1.52. The van der Waals surface area contributed by atoms with Gasteiger partial charge in [0.05, 0.1) is 5.56 Å². The van der Waals surface area contributed by atoms with Crippen LogP contribution in [-0.4, -0.2) is 30.4 Å². The number of rotatable bonds is 3. The minimum absolute atomic E-state index is 0.128. The van der Waals surface area contributed by atoms with Gasteiger partial charge in [-0.25, -0.2) is 4.79 Å². The number of hydrogen-bond donors (Lipinski definition) is 0. The second-order valence-electron chi connectivity index (χ2n) is 4.78. The summed E-state index contributed by atoms with van der Waals surface area (Å²) in [6.07, 6.45) is -0.229. The molecule has 2 aliphatic rings. The molecule has 1 aliphatic carbocycles. The fourth-order valence-corrected chi connectivity index (χ4v) is 2.39. The Kier molecular flexibility index (Phi) is 2.98. The Morgan fingerprint density at radius 1 is 1.21 bits per heavy atom. The average molecular weight is 262 g/mol. The largest absolute Gasteiger partial charge is 0.456 e. The highest BCUT2D eigenvalue weighted by atomic mass is 16.7. The molecule has 0 aromatic heterocycles. The number of fused-ring (bicyclic) bond motifs is 1. The van der Waals surface area contributed by atoms with Crippen LogP contribution >= 0.6 is 0 Å². The van der Waals surface area contributed by atoms with Gasteiger partial charge < -0.3 is 14.2 Å². The van der Waals surface area contributed by atoms with E-state index in [1.165, 1.54) is 6.92 Å². The van der Waals surface area contributed by atoms with Crippen LogP contribution in [0.4, 0.5) is 0 Å². The molecule has 0 bridgehead atoms. The Morgan fingerprint density at radius 3 is 2.53 bits per heavy atom. The van der Waals surface area contributed by atoms with Crippen LogP contribution in [0.1, 0.15) is 23.7 Å². The van der Waals surface area contributed by atoms with Crippen LogP contribution in [0.3, 0.4) is 0 Å². The van der Waals surface area contributed by atoms with Crippen molar-refractivity contribution in [1.82, 2.24) is 0 Å². The van der Waals surface area contributed by atoms with Gasteiger partial charge in [-0.05, 0) is 12.1 Å². The third kappa shape index (κ3) is 2.46. The Labute approximate surface area is 110 Å². The molecule has 3 unspecified atom stereocenters. The Bertz CT molecular complexity index is 486. The SMILES string of the molecule is CC(=O)OC1CC2C(OC(=O)c3ccccc3)[C@H]2O1. The highest BCUT2D eigenvalue weighted by Gasteiger charge is 2.61. The standard InChI is InChI=1S/C14H14O5/c1-8(15)17-11-7-10-12(18-11)13(10)19-14(16)9-5-3-2-4-6-9/h2-6,10-13H,7H2,1H3/t10?,11?,12-,13?/m0/s1. The van der Waals surface area contributed by atoms with Gasteiger partial charge in [-0.1, -0.05) is 18.2 Å². The van der Waals surface area contributed by atoms with E-state index in [1.807, 2.05) is 6.07 Å². The number of benzene rings is 1. The molecule has 1 aromatic carbocycles. The monoisotopic (exact) mass is 262 g/mol. The summed E-state index contributed by atoms with van der Waals surface area (Å²) in [5.41, 5.74) is 0.531. The smallest absolute Gasteiger partial charge is 0.338 e. The van der Waals surface area contributed by atoms with Crippen molar-refractivity contribution in [3.8, 4) is 0 Å². The molecular formula is C14H14O5. The zero-order valence-corrected chi connectivity index (χ0v) is 10.4. The van der Waals surface area contributed by atoms with Crippen molar-refractivity contribution in [3.63, 3.8) is 0 Å². The van der Waals surface area contributed by atoms with E-state index in [0.29, 0.717) is 12.0 Å². The maximum atomic E-state index is 11.8. The molecule has 0 spiro atoms. The van der Waals surface area contributed by atoms with E-state index in [1.54, 1.807) is 24.3 Å². The van der Waals surface area contributed by atoms with Crippen LogP contribution in [0, 0.1) is 5.92 Å². The van der Waals surface area contributed by atoms with Crippen molar-refractivity contribution in [1.29, 1.82) is 0 Å². The number of ether oxygens (including phenoxy) is 3. The molecule has 1 aromatic rings. The molecule has 1 saturated heterocycles. The lowest BCUT2D eigenvalue weighted by molar-refractivity contribution is -0.175. The van der Waals surface area contributed by atoms with Gasteiger partial charge in [0.15, 0.2) is 0 Å². The summed E-state index contributed by atoms with van der Waals surface area (Å²) in [5, 5.41) is 0. The zero-order valence-electron chi connectivity index (χ0n) is 10.4. The molecule has 0 radical (unpaired) electrons. The number of esters is 2. The second kappa shape index (κ2) is 4.66. The normalized spacial score (nSPS) is 31.4. The summed E-state index contributed by atoms with van der Waals surface area (Å²) >= 11 is 0. The number of hydrogen-bond acceptors (Lipinski definition) is 5. The molecule has 19 heavy (non-hydrogen) atoms. The predicted molar refractivity (Wildman–Crippen MR) is 64.2 cm³/mol. The van der Waals surface area contributed by atoms with Crippen LogP contribution in [0.15, 0.2) is 30.3 Å². The molecule has 100 valence electrons. The van der Waals surface area contributed by atoms with Crippen LogP contribution in [-0.2, 0) is 19.0 Å². The first-order valence-corrected chi connectivity index (χ1v) is 6.24. The summed E-state index contributed by atoms with van der Waals surface area (Å²) < 4.78 is 15.8. The average Bonchev–Trinajstić information content (AvgIpc) is 2.84. The third-order valence-corrected chi connectivity index (χ3v) is 3.35. The highest BCUT2D eigenvalue weighted by molar-refractivity contribution is 5.89. The summed E-state index contributed by atoms with van der Waals surface area (Å²) in [5.74, 6) is -0.547. The van der Waals surface area contributed by atoms with E-state index < -0.39 is 6.29 Å². The Balaban J connectivity index is 1.51. The van der Waals surface area contributed by atoms with Gasteiger partial charge >= 0.3 is 11.9 Å². The molecule has 4 atom stereocenters. The van der Waals surface area contributed by atoms with E-state index in [0.717, 1.165) is 0 Å². The molecule has 1 saturated carbocycles. The van der Waals surface area contributed by atoms with Crippen LogP contribution in [0.5, 0.6) is 0 Å².